The first-order valence-corrected chi connectivity index (χ1v) is 3.68. The molecule has 1 N–H and O–H groups in total. The van der Waals surface area contributed by atoms with Gasteiger partial charge in [-0.3, -0.25) is 9.59 Å². The van der Waals surface area contributed by atoms with Crippen LogP contribution in [0.4, 0.5) is 8.78 Å². The number of nitrogens with one attached hydrogen (secondary N) is 1. The number of likely N-dealkylation sites (N-methyl/N-ethyl adjacent to an activating group) is 1. The molecule has 0 fully saturated rings. The molecular weight excluding hydrogens is 206 g/mol. The van der Waals surface area contributed by atoms with E-state index in [1.807, 2.05) is 0 Å². The van der Waals surface area contributed by atoms with Gasteiger partial charge in [0.1, 0.15) is 0 Å². The minimum atomic E-state index is -3.97. The SMILES string of the molecule is CN(C)C(=O)CNC(=O)C(F)(F)Cl. The van der Waals surface area contributed by atoms with E-state index in [1.165, 1.54) is 14.1 Å². The summed E-state index contributed by atoms with van der Waals surface area (Å²) in [5.41, 5.74) is 0. The highest BCUT2D eigenvalue weighted by Gasteiger charge is 2.35. The summed E-state index contributed by atoms with van der Waals surface area (Å²) in [6.07, 6.45) is 0. The van der Waals surface area contributed by atoms with E-state index >= 15 is 0 Å². The first-order chi connectivity index (χ1) is 5.75. The molecule has 0 unspecified atom stereocenters. The maximum absolute atomic E-state index is 12.0. The van der Waals surface area contributed by atoms with Gasteiger partial charge in [0.25, 0.3) is 0 Å². The molecule has 0 saturated heterocycles. The van der Waals surface area contributed by atoms with E-state index in [-0.39, 0.29) is 0 Å². The smallest absolute Gasteiger partial charge is 0.347 e. The molecule has 0 aliphatic rings. The van der Waals surface area contributed by atoms with Crippen molar-refractivity contribution in [2.45, 2.75) is 5.38 Å². The van der Waals surface area contributed by atoms with Crippen LogP contribution in [0.5, 0.6) is 0 Å². The number of hydrogen-bond acceptors (Lipinski definition) is 2. The zero-order valence-electron chi connectivity index (χ0n) is 7.10. The lowest BCUT2D eigenvalue weighted by Gasteiger charge is -2.12. The molecule has 2 amide bonds. The minimum absolute atomic E-state index is 0.491. The maximum atomic E-state index is 12.0. The highest BCUT2D eigenvalue weighted by molar-refractivity contribution is 6.32. The Kier molecular flexibility index (Phi) is 4.06. The zero-order valence-corrected chi connectivity index (χ0v) is 7.86. The van der Waals surface area contributed by atoms with Crippen LogP contribution in [-0.2, 0) is 9.59 Å². The first kappa shape index (κ1) is 12.1. The van der Waals surface area contributed by atoms with Gasteiger partial charge in [-0.05, 0) is 11.6 Å². The Balaban J connectivity index is 3.92. The second kappa shape index (κ2) is 4.36. The molecule has 0 spiro atoms. The minimum Gasteiger partial charge on any atom is -0.347 e. The van der Waals surface area contributed by atoms with Crippen LogP contribution in [0.3, 0.4) is 0 Å². The van der Waals surface area contributed by atoms with Gasteiger partial charge in [-0.1, -0.05) is 0 Å². The van der Waals surface area contributed by atoms with Crippen LogP contribution in [0.15, 0.2) is 0 Å². The number of carbonyl (C=O) groups excluding carboxylic acids is 2. The zero-order chi connectivity index (χ0) is 10.6. The van der Waals surface area contributed by atoms with Crippen LogP contribution in [0, 0.1) is 0 Å². The first-order valence-electron chi connectivity index (χ1n) is 3.30. The van der Waals surface area contributed by atoms with E-state index < -0.39 is 23.7 Å². The van der Waals surface area contributed by atoms with Crippen LogP contribution < -0.4 is 5.32 Å². The van der Waals surface area contributed by atoms with Crippen LogP contribution in [0.1, 0.15) is 0 Å². The van der Waals surface area contributed by atoms with E-state index in [0.29, 0.717) is 0 Å². The quantitative estimate of drug-likeness (QED) is 0.674. The summed E-state index contributed by atoms with van der Waals surface area (Å²) in [4.78, 5) is 22.4. The van der Waals surface area contributed by atoms with Crippen molar-refractivity contribution in [2.75, 3.05) is 20.6 Å². The van der Waals surface area contributed by atoms with Crippen molar-refractivity contribution in [2.24, 2.45) is 0 Å². The summed E-state index contributed by atoms with van der Waals surface area (Å²) in [6.45, 7) is -0.492. The molecule has 13 heavy (non-hydrogen) atoms. The predicted octanol–water partition coefficient (Wildman–Crippen LogP) is 0.0224. The highest BCUT2D eigenvalue weighted by Crippen LogP contribution is 2.17. The largest absolute Gasteiger partial charge is 0.399 e. The molecule has 0 aliphatic carbocycles. The second-order valence-electron chi connectivity index (χ2n) is 2.47. The maximum Gasteiger partial charge on any atom is 0.399 e. The summed E-state index contributed by atoms with van der Waals surface area (Å²) in [5, 5.41) is -2.27. The van der Waals surface area contributed by atoms with E-state index in [0.717, 1.165) is 4.90 Å². The fraction of sp³-hybridized carbons (Fsp3) is 0.667. The van der Waals surface area contributed by atoms with Gasteiger partial charge in [0.15, 0.2) is 0 Å². The Morgan fingerprint density at radius 2 is 1.92 bits per heavy atom. The predicted molar refractivity (Wildman–Crippen MR) is 42.5 cm³/mol. The molecule has 0 heterocycles. The van der Waals surface area contributed by atoms with Gasteiger partial charge < -0.3 is 10.2 Å². The molecule has 7 heteroatoms. The average molecular weight is 215 g/mol. The molecule has 0 rings (SSSR count). The number of alkyl halides is 3. The summed E-state index contributed by atoms with van der Waals surface area (Å²) in [5.74, 6) is -2.17. The number of nitrogens with zero attached hydrogens (tertiary/aromatic N) is 1. The van der Waals surface area contributed by atoms with E-state index in [4.69, 9.17) is 0 Å². The summed E-state index contributed by atoms with van der Waals surface area (Å²) >= 11 is 4.38. The van der Waals surface area contributed by atoms with Crippen molar-refractivity contribution >= 4 is 23.4 Å². The number of rotatable bonds is 3. The number of halogens is 3. The Morgan fingerprint density at radius 1 is 1.46 bits per heavy atom. The third-order valence-corrected chi connectivity index (χ3v) is 1.33. The van der Waals surface area contributed by atoms with Gasteiger partial charge in [-0.25, -0.2) is 0 Å². The van der Waals surface area contributed by atoms with Crippen LogP contribution in [0.25, 0.3) is 0 Å². The van der Waals surface area contributed by atoms with Crippen LogP contribution in [0.2, 0.25) is 0 Å². The third kappa shape index (κ3) is 4.62. The van der Waals surface area contributed by atoms with E-state index in [9.17, 15) is 18.4 Å². The molecule has 0 aromatic rings. The van der Waals surface area contributed by atoms with Gasteiger partial charge in [-0.15, -0.1) is 0 Å². The second-order valence-corrected chi connectivity index (χ2v) is 2.94. The summed E-state index contributed by atoms with van der Waals surface area (Å²) in [6, 6.07) is 0. The van der Waals surface area contributed by atoms with Crippen molar-refractivity contribution in [1.29, 1.82) is 0 Å². The lowest BCUT2D eigenvalue weighted by atomic mass is 10.5. The van der Waals surface area contributed by atoms with E-state index in [2.05, 4.69) is 11.6 Å². The molecule has 0 atom stereocenters. The average Bonchev–Trinajstić information content (AvgIpc) is 1.97. The molecule has 76 valence electrons. The monoisotopic (exact) mass is 214 g/mol. The molecule has 0 aliphatic heterocycles. The van der Waals surface area contributed by atoms with Crippen molar-refractivity contribution < 1.29 is 18.4 Å². The van der Waals surface area contributed by atoms with Gasteiger partial charge in [0.2, 0.25) is 5.91 Å². The van der Waals surface area contributed by atoms with Gasteiger partial charge >= 0.3 is 11.3 Å². The Morgan fingerprint density at radius 3 is 2.23 bits per heavy atom. The molecule has 0 saturated carbocycles. The number of hydrogen-bond donors (Lipinski definition) is 1. The van der Waals surface area contributed by atoms with Crippen LogP contribution in [-0.4, -0.2) is 42.7 Å². The standard InChI is InChI=1S/C6H9ClF2N2O2/c1-11(2)4(12)3-10-5(13)6(7,8)9/h3H2,1-2H3,(H,10,13). The van der Waals surface area contributed by atoms with Gasteiger partial charge in [0.05, 0.1) is 6.54 Å². The van der Waals surface area contributed by atoms with Crippen molar-refractivity contribution in [3.05, 3.63) is 0 Å². The fourth-order valence-corrected chi connectivity index (χ4v) is 0.481. The Labute approximate surface area is 78.8 Å². The van der Waals surface area contributed by atoms with Crippen molar-refractivity contribution in [1.82, 2.24) is 10.2 Å². The summed E-state index contributed by atoms with van der Waals surface area (Å²) < 4.78 is 24.0. The fourth-order valence-electron chi connectivity index (χ4n) is 0.414. The number of carbonyl (C=O) groups is 2. The van der Waals surface area contributed by atoms with Gasteiger partial charge in [0, 0.05) is 14.1 Å². The van der Waals surface area contributed by atoms with Crippen molar-refractivity contribution in [3.8, 4) is 0 Å². The highest BCUT2D eigenvalue weighted by atomic mass is 35.5. The Bertz CT molecular complexity index is 215. The molecular formula is C6H9ClF2N2O2. The van der Waals surface area contributed by atoms with E-state index in [1.54, 1.807) is 5.32 Å². The molecule has 0 aromatic heterocycles. The molecule has 0 aromatic carbocycles. The van der Waals surface area contributed by atoms with Gasteiger partial charge in [-0.2, -0.15) is 8.78 Å². The van der Waals surface area contributed by atoms with Crippen LogP contribution >= 0.6 is 11.6 Å². The topological polar surface area (TPSA) is 49.4 Å². The van der Waals surface area contributed by atoms with Crippen molar-refractivity contribution in [3.63, 3.8) is 0 Å². The summed E-state index contributed by atoms with van der Waals surface area (Å²) in [7, 11) is 2.88. The molecule has 4 nitrogen and oxygen atoms in total. The third-order valence-electron chi connectivity index (χ3n) is 1.16. The normalized spacial score (nSPS) is 10.8. The molecule has 0 radical (unpaired) electrons. The number of amides is 2. The molecule has 0 bridgehead atoms. The lowest BCUT2D eigenvalue weighted by Crippen LogP contribution is -2.42. The lowest BCUT2D eigenvalue weighted by molar-refractivity contribution is -0.138. The Hall–Kier alpha value is -0.910.